The van der Waals surface area contributed by atoms with Gasteiger partial charge in [0.2, 0.25) is 0 Å². The van der Waals surface area contributed by atoms with Crippen molar-refractivity contribution in [2.45, 2.75) is 73.9 Å². The molecule has 1 atom stereocenters. The van der Waals surface area contributed by atoms with E-state index in [0.29, 0.717) is 5.41 Å². The normalized spacial score (nSPS) is 13.3. The fourth-order valence-corrected chi connectivity index (χ4v) is 1.87. The molecule has 0 amide bonds. The lowest BCUT2D eigenvalue weighted by atomic mass is 9.80. The number of rotatable bonds is 7. The molecule has 0 saturated heterocycles. The van der Waals surface area contributed by atoms with E-state index in [1.807, 2.05) is 13.8 Å². The number of hydrogen-bond donors (Lipinski definition) is 1. The third kappa shape index (κ3) is 6.49. The predicted octanol–water partition coefficient (Wildman–Crippen LogP) is 3.86. The first kappa shape index (κ1) is 18.3. The summed E-state index contributed by atoms with van der Waals surface area (Å²) in [6.07, 6.45) is 3.79. The Morgan fingerprint density at radius 3 is 1.62 bits per heavy atom. The summed E-state index contributed by atoms with van der Waals surface area (Å²) >= 11 is 0. The maximum absolute atomic E-state index is 6.20. The molecular weight excluding hydrogens is 196 g/mol. The average molecular weight is 230 g/mol. The van der Waals surface area contributed by atoms with Gasteiger partial charge >= 0.3 is 0 Å². The summed E-state index contributed by atoms with van der Waals surface area (Å²) in [5, 5.41) is 0. The van der Waals surface area contributed by atoms with Crippen LogP contribution in [0.25, 0.3) is 0 Å². The number of nitrogens with zero attached hydrogens (tertiary/aromatic N) is 1. The molecule has 0 rings (SSSR count). The Kier molecular flexibility index (Phi) is 11.5. The van der Waals surface area contributed by atoms with Gasteiger partial charge in [-0.1, -0.05) is 61.3 Å². The summed E-state index contributed by atoms with van der Waals surface area (Å²) in [6, 6.07) is 0. The van der Waals surface area contributed by atoms with Crippen LogP contribution in [0.5, 0.6) is 0 Å². The smallest absolute Gasteiger partial charge is 0.0576 e. The van der Waals surface area contributed by atoms with Crippen molar-refractivity contribution in [3.05, 3.63) is 0 Å². The van der Waals surface area contributed by atoms with Crippen molar-refractivity contribution >= 4 is 0 Å². The van der Waals surface area contributed by atoms with Crippen LogP contribution in [-0.4, -0.2) is 24.2 Å². The minimum Gasteiger partial charge on any atom is -0.316 e. The van der Waals surface area contributed by atoms with E-state index in [1.54, 1.807) is 0 Å². The molecule has 0 aromatic heterocycles. The largest absolute Gasteiger partial charge is 0.316 e. The van der Waals surface area contributed by atoms with Crippen molar-refractivity contribution in [3.63, 3.8) is 0 Å². The molecule has 100 valence electrons. The molecule has 0 spiro atoms. The Morgan fingerprint density at radius 2 is 1.38 bits per heavy atom. The highest BCUT2D eigenvalue weighted by Crippen LogP contribution is 2.31. The van der Waals surface area contributed by atoms with Gasteiger partial charge in [0.15, 0.2) is 0 Å². The lowest BCUT2D eigenvalue weighted by Crippen LogP contribution is -2.44. The van der Waals surface area contributed by atoms with Crippen molar-refractivity contribution in [3.8, 4) is 0 Å². The highest BCUT2D eigenvalue weighted by molar-refractivity contribution is 4.77. The molecule has 0 aliphatic rings. The first-order valence-electron chi connectivity index (χ1n) is 7.02. The molecule has 2 N–H and O–H groups in total. The highest BCUT2D eigenvalue weighted by atomic mass is 15.2. The molecule has 2 heteroatoms. The van der Waals surface area contributed by atoms with Crippen LogP contribution in [0.1, 0.15) is 67.7 Å². The summed E-state index contributed by atoms with van der Waals surface area (Å²) in [7, 11) is 0. The van der Waals surface area contributed by atoms with Gasteiger partial charge in [-0.15, -0.1) is 0 Å². The average Bonchev–Trinajstić information content (AvgIpc) is 2.33. The van der Waals surface area contributed by atoms with Crippen molar-refractivity contribution < 1.29 is 0 Å². The van der Waals surface area contributed by atoms with E-state index >= 15 is 0 Å². The standard InChI is InChI=1S/C12H28N2.C2H6/c1-6-12(5,7-2)10-11(13)14(8-3)9-4;1-2/h11H,6-10,13H2,1-5H3;1-2H3. The molecule has 16 heavy (non-hydrogen) atoms. The molecule has 0 aliphatic heterocycles. The van der Waals surface area contributed by atoms with E-state index < -0.39 is 0 Å². The Balaban J connectivity index is 0. The van der Waals surface area contributed by atoms with Crippen LogP contribution < -0.4 is 5.73 Å². The van der Waals surface area contributed by atoms with E-state index in [9.17, 15) is 0 Å². The molecule has 0 bridgehead atoms. The first-order valence-corrected chi connectivity index (χ1v) is 7.02. The minimum absolute atomic E-state index is 0.231. The van der Waals surface area contributed by atoms with Crippen LogP contribution in [0.4, 0.5) is 0 Å². The summed E-state index contributed by atoms with van der Waals surface area (Å²) in [6.45, 7) is 17.3. The van der Waals surface area contributed by atoms with Crippen LogP contribution in [0.3, 0.4) is 0 Å². The molecule has 0 heterocycles. The van der Waals surface area contributed by atoms with Gasteiger partial charge in [0.1, 0.15) is 0 Å². The molecule has 0 saturated carbocycles. The SMILES string of the molecule is CC.CCN(CC)C(N)CC(C)(CC)CC. The van der Waals surface area contributed by atoms with Gasteiger partial charge in [-0.05, 0) is 24.9 Å². The van der Waals surface area contributed by atoms with Crippen LogP contribution in [0, 0.1) is 5.41 Å². The van der Waals surface area contributed by atoms with E-state index in [-0.39, 0.29) is 6.17 Å². The van der Waals surface area contributed by atoms with Crippen molar-refractivity contribution in [2.24, 2.45) is 11.1 Å². The molecule has 0 radical (unpaired) electrons. The highest BCUT2D eigenvalue weighted by Gasteiger charge is 2.24. The van der Waals surface area contributed by atoms with Crippen LogP contribution >= 0.6 is 0 Å². The van der Waals surface area contributed by atoms with Crippen LogP contribution in [0.2, 0.25) is 0 Å². The molecule has 0 aromatic carbocycles. The second-order valence-corrected chi connectivity index (χ2v) is 4.51. The summed E-state index contributed by atoms with van der Waals surface area (Å²) in [5.41, 5.74) is 6.62. The zero-order valence-electron chi connectivity index (χ0n) is 12.6. The van der Waals surface area contributed by atoms with E-state index in [1.165, 1.54) is 12.8 Å². The van der Waals surface area contributed by atoms with E-state index in [0.717, 1.165) is 19.5 Å². The lowest BCUT2D eigenvalue weighted by molar-refractivity contribution is 0.140. The van der Waals surface area contributed by atoms with Gasteiger partial charge < -0.3 is 5.73 Å². The van der Waals surface area contributed by atoms with Gasteiger partial charge in [0, 0.05) is 0 Å². The van der Waals surface area contributed by atoms with Gasteiger partial charge in [0.05, 0.1) is 6.17 Å². The third-order valence-corrected chi connectivity index (χ3v) is 3.69. The van der Waals surface area contributed by atoms with Crippen LogP contribution in [-0.2, 0) is 0 Å². The van der Waals surface area contributed by atoms with Crippen molar-refractivity contribution in [1.82, 2.24) is 4.90 Å². The molecule has 0 fully saturated rings. The Labute approximate surface area is 104 Å². The number of nitrogens with two attached hydrogens (primary N) is 1. The zero-order chi connectivity index (χ0) is 13.2. The summed E-state index contributed by atoms with van der Waals surface area (Å²) in [4.78, 5) is 2.34. The molecule has 1 unspecified atom stereocenters. The van der Waals surface area contributed by atoms with Crippen molar-refractivity contribution in [2.75, 3.05) is 13.1 Å². The van der Waals surface area contributed by atoms with Crippen molar-refractivity contribution in [1.29, 1.82) is 0 Å². The van der Waals surface area contributed by atoms with Gasteiger partial charge in [-0.25, -0.2) is 0 Å². The topological polar surface area (TPSA) is 29.3 Å². The third-order valence-electron chi connectivity index (χ3n) is 3.69. The minimum atomic E-state index is 0.231. The summed E-state index contributed by atoms with van der Waals surface area (Å²) in [5.74, 6) is 0. The molecular formula is C14H34N2. The van der Waals surface area contributed by atoms with Gasteiger partial charge in [0.25, 0.3) is 0 Å². The van der Waals surface area contributed by atoms with Gasteiger partial charge in [-0.2, -0.15) is 0 Å². The fourth-order valence-electron chi connectivity index (χ4n) is 1.87. The predicted molar refractivity (Wildman–Crippen MR) is 75.6 cm³/mol. The van der Waals surface area contributed by atoms with E-state index in [2.05, 4.69) is 39.5 Å². The maximum Gasteiger partial charge on any atom is 0.0576 e. The lowest BCUT2D eigenvalue weighted by Gasteiger charge is -2.35. The maximum atomic E-state index is 6.20. The quantitative estimate of drug-likeness (QED) is 0.673. The Bertz CT molecular complexity index is 138. The zero-order valence-corrected chi connectivity index (χ0v) is 12.6. The second kappa shape index (κ2) is 10.1. The number of hydrogen-bond acceptors (Lipinski definition) is 2. The Morgan fingerprint density at radius 1 is 1.00 bits per heavy atom. The van der Waals surface area contributed by atoms with E-state index in [4.69, 9.17) is 5.73 Å². The molecule has 0 aromatic rings. The summed E-state index contributed by atoms with van der Waals surface area (Å²) < 4.78 is 0. The first-order chi connectivity index (χ1) is 7.52. The second-order valence-electron chi connectivity index (χ2n) is 4.51. The fraction of sp³-hybridized carbons (Fsp3) is 1.00. The Hall–Kier alpha value is -0.0800. The molecule has 0 aliphatic carbocycles. The van der Waals surface area contributed by atoms with Gasteiger partial charge in [-0.3, -0.25) is 4.90 Å². The molecule has 2 nitrogen and oxygen atoms in total. The monoisotopic (exact) mass is 230 g/mol. The van der Waals surface area contributed by atoms with Crippen LogP contribution in [0.15, 0.2) is 0 Å².